The maximum atomic E-state index is 13.5. The molecule has 0 radical (unpaired) electrons. The molecule has 200 valence electrons. The number of aliphatic carboxylic acids is 1. The first kappa shape index (κ1) is 28.1. The predicted molar refractivity (Wildman–Crippen MR) is 143 cm³/mol. The van der Waals surface area contributed by atoms with Crippen LogP contribution >= 0.6 is 0 Å². The number of piperidine rings is 1. The maximum absolute atomic E-state index is 13.5. The van der Waals surface area contributed by atoms with Gasteiger partial charge < -0.3 is 21.5 Å². The van der Waals surface area contributed by atoms with E-state index in [2.05, 4.69) is 15.6 Å². The number of benzene rings is 1. The van der Waals surface area contributed by atoms with Gasteiger partial charge in [-0.15, -0.1) is 0 Å². The SMILES string of the molecule is CCCCC(C(=O)O)N1CC[C@H](c2ccccc2)C[C@@H]1C(=O)N[C@@H](C)C(=O)NCc1ccc(N)nc1C. The van der Waals surface area contributed by atoms with Crippen molar-refractivity contribution in [2.45, 2.75) is 83.5 Å². The third-order valence-corrected chi connectivity index (χ3v) is 7.16. The number of aryl methyl sites for hydroxylation is 1. The fourth-order valence-corrected chi connectivity index (χ4v) is 4.98. The Hall–Kier alpha value is -3.46. The van der Waals surface area contributed by atoms with Crippen molar-refractivity contribution in [1.29, 1.82) is 0 Å². The van der Waals surface area contributed by atoms with E-state index in [1.54, 1.807) is 13.0 Å². The van der Waals surface area contributed by atoms with Crippen molar-refractivity contribution < 1.29 is 19.5 Å². The number of pyridine rings is 1. The van der Waals surface area contributed by atoms with Crippen molar-refractivity contribution in [1.82, 2.24) is 20.5 Å². The van der Waals surface area contributed by atoms with Crippen LogP contribution in [0.5, 0.6) is 0 Å². The minimum atomic E-state index is -0.914. The number of amides is 2. The van der Waals surface area contributed by atoms with Crippen molar-refractivity contribution in [2.24, 2.45) is 0 Å². The van der Waals surface area contributed by atoms with Gasteiger partial charge in [-0.3, -0.25) is 19.3 Å². The second-order valence-electron chi connectivity index (χ2n) is 9.81. The molecule has 2 heterocycles. The van der Waals surface area contributed by atoms with Crippen LogP contribution in [0.1, 0.15) is 68.7 Å². The summed E-state index contributed by atoms with van der Waals surface area (Å²) in [5, 5.41) is 15.7. The summed E-state index contributed by atoms with van der Waals surface area (Å²) < 4.78 is 0. The molecule has 37 heavy (non-hydrogen) atoms. The van der Waals surface area contributed by atoms with Crippen LogP contribution in [-0.4, -0.2) is 57.4 Å². The normalized spacial score (nSPS) is 19.5. The lowest BCUT2D eigenvalue weighted by Crippen LogP contribution is -2.59. The Bertz CT molecular complexity index is 1080. The van der Waals surface area contributed by atoms with E-state index < -0.39 is 24.1 Å². The molecule has 1 aromatic carbocycles. The third kappa shape index (κ3) is 7.52. The van der Waals surface area contributed by atoms with Gasteiger partial charge >= 0.3 is 5.97 Å². The van der Waals surface area contributed by atoms with E-state index in [0.717, 1.165) is 36.1 Å². The number of unbranched alkanes of at least 4 members (excludes halogenated alkanes) is 1. The molecule has 1 aliphatic heterocycles. The molecule has 0 bridgehead atoms. The number of hydrogen-bond donors (Lipinski definition) is 4. The molecule has 2 amide bonds. The number of nitrogen functional groups attached to an aromatic ring is 1. The van der Waals surface area contributed by atoms with Gasteiger partial charge in [-0.1, -0.05) is 56.2 Å². The zero-order valence-corrected chi connectivity index (χ0v) is 21.9. The number of carbonyl (C=O) groups excluding carboxylic acids is 2. The molecule has 1 aromatic heterocycles. The number of aromatic nitrogens is 1. The van der Waals surface area contributed by atoms with Crippen molar-refractivity contribution in [3.05, 3.63) is 59.3 Å². The highest BCUT2D eigenvalue weighted by Gasteiger charge is 2.40. The van der Waals surface area contributed by atoms with Crippen LogP contribution in [0.3, 0.4) is 0 Å². The van der Waals surface area contributed by atoms with Crippen molar-refractivity contribution in [3.63, 3.8) is 0 Å². The molecular formula is C28H39N5O4. The highest BCUT2D eigenvalue weighted by Crippen LogP contribution is 2.33. The first-order valence-corrected chi connectivity index (χ1v) is 13.0. The molecule has 0 aliphatic carbocycles. The average molecular weight is 510 g/mol. The van der Waals surface area contributed by atoms with Crippen LogP contribution in [0.15, 0.2) is 42.5 Å². The Morgan fingerprint density at radius 1 is 1.19 bits per heavy atom. The summed E-state index contributed by atoms with van der Waals surface area (Å²) in [6.45, 7) is 6.24. The van der Waals surface area contributed by atoms with E-state index in [1.807, 2.05) is 55.1 Å². The smallest absolute Gasteiger partial charge is 0.320 e. The Balaban J connectivity index is 1.71. The monoisotopic (exact) mass is 509 g/mol. The molecule has 2 aromatic rings. The van der Waals surface area contributed by atoms with Gasteiger partial charge in [0.25, 0.3) is 0 Å². The third-order valence-electron chi connectivity index (χ3n) is 7.16. The molecule has 1 unspecified atom stereocenters. The van der Waals surface area contributed by atoms with Gasteiger partial charge in [-0.25, -0.2) is 4.98 Å². The minimum Gasteiger partial charge on any atom is -0.480 e. The largest absolute Gasteiger partial charge is 0.480 e. The van der Waals surface area contributed by atoms with Crippen molar-refractivity contribution in [3.8, 4) is 0 Å². The standard InChI is InChI=1S/C28H39N5O4/c1-4-5-11-23(28(36)37)33-15-14-21(20-9-7-6-8-10-20)16-24(33)27(35)32-19(3)26(34)30-17-22-12-13-25(29)31-18(22)2/h6-10,12-13,19,21,23-24H,4-5,11,14-17H2,1-3H3,(H2,29,31)(H,30,34)(H,32,35)(H,36,37)/t19-,21-,23?,24+/m0/s1. The summed E-state index contributed by atoms with van der Waals surface area (Å²) in [7, 11) is 0. The lowest BCUT2D eigenvalue weighted by atomic mass is 9.83. The van der Waals surface area contributed by atoms with Gasteiger partial charge in [-0.05, 0) is 56.2 Å². The van der Waals surface area contributed by atoms with E-state index in [4.69, 9.17) is 5.73 Å². The lowest BCUT2D eigenvalue weighted by Gasteiger charge is -2.42. The highest BCUT2D eigenvalue weighted by molar-refractivity contribution is 5.90. The number of nitrogens with two attached hydrogens (primary N) is 1. The molecule has 1 aliphatic rings. The Morgan fingerprint density at radius 2 is 1.92 bits per heavy atom. The van der Waals surface area contributed by atoms with Crippen molar-refractivity contribution in [2.75, 3.05) is 12.3 Å². The van der Waals surface area contributed by atoms with E-state index in [1.165, 1.54) is 0 Å². The van der Waals surface area contributed by atoms with Crippen LogP contribution in [0.2, 0.25) is 0 Å². The van der Waals surface area contributed by atoms with Gasteiger partial charge in [0.05, 0.1) is 6.04 Å². The lowest BCUT2D eigenvalue weighted by molar-refractivity contribution is -0.148. The summed E-state index contributed by atoms with van der Waals surface area (Å²) in [5.74, 6) is -1.01. The zero-order valence-electron chi connectivity index (χ0n) is 21.9. The second-order valence-corrected chi connectivity index (χ2v) is 9.81. The van der Waals surface area contributed by atoms with Crippen LogP contribution < -0.4 is 16.4 Å². The van der Waals surface area contributed by atoms with E-state index in [0.29, 0.717) is 25.2 Å². The van der Waals surface area contributed by atoms with E-state index in [9.17, 15) is 19.5 Å². The molecule has 9 nitrogen and oxygen atoms in total. The first-order chi connectivity index (χ1) is 17.7. The summed E-state index contributed by atoms with van der Waals surface area (Å²) in [6, 6.07) is 11.3. The number of carboxylic acid groups (broad SMARTS) is 1. The number of anilines is 1. The number of nitrogens with zero attached hydrogens (tertiary/aromatic N) is 2. The molecular weight excluding hydrogens is 470 g/mol. The number of rotatable bonds is 11. The number of likely N-dealkylation sites (tertiary alicyclic amines) is 1. The Morgan fingerprint density at radius 3 is 2.57 bits per heavy atom. The summed E-state index contributed by atoms with van der Waals surface area (Å²) >= 11 is 0. The second kappa shape index (κ2) is 13.2. The molecule has 4 atom stereocenters. The van der Waals surface area contributed by atoms with Gasteiger partial charge in [0, 0.05) is 18.8 Å². The predicted octanol–water partition coefficient (Wildman–Crippen LogP) is 2.98. The molecule has 5 N–H and O–H groups in total. The van der Waals surface area contributed by atoms with Crippen LogP contribution in [0.25, 0.3) is 0 Å². The van der Waals surface area contributed by atoms with E-state index >= 15 is 0 Å². The van der Waals surface area contributed by atoms with Gasteiger partial charge in [0.2, 0.25) is 11.8 Å². The van der Waals surface area contributed by atoms with Crippen LogP contribution in [0.4, 0.5) is 5.82 Å². The molecule has 1 fully saturated rings. The number of carbonyl (C=O) groups is 3. The molecule has 3 rings (SSSR count). The summed E-state index contributed by atoms with van der Waals surface area (Å²) in [5.41, 5.74) is 8.40. The van der Waals surface area contributed by atoms with E-state index in [-0.39, 0.29) is 24.3 Å². The maximum Gasteiger partial charge on any atom is 0.320 e. The molecule has 9 heteroatoms. The van der Waals surface area contributed by atoms with Gasteiger partial charge in [0.1, 0.15) is 17.9 Å². The zero-order chi connectivity index (χ0) is 26.9. The van der Waals surface area contributed by atoms with Crippen molar-refractivity contribution >= 4 is 23.6 Å². The summed E-state index contributed by atoms with van der Waals surface area (Å²) in [6.07, 6.45) is 3.39. The van der Waals surface area contributed by atoms with Gasteiger partial charge in [-0.2, -0.15) is 0 Å². The van der Waals surface area contributed by atoms with Crippen LogP contribution in [-0.2, 0) is 20.9 Å². The molecule has 0 saturated carbocycles. The highest BCUT2D eigenvalue weighted by atomic mass is 16.4. The van der Waals surface area contributed by atoms with Gasteiger partial charge in [0.15, 0.2) is 0 Å². The average Bonchev–Trinajstić information content (AvgIpc) is 2.88. The Labute approximate surface area is 218 Å². The van der Waals surface area contributed by atoms with Crippen LogP contribution in [0, 0.1) is 6.92 Å². The molecule has 0 spiro atoms. The number of carboxylic acids is 1. The fourth-order valence-electron chi connectivity index (χ4n) is 4.98. The first-order valence-electron chi connectivity index (χ1n) is 13.0. The Kier molecular flexibility index (Phi) is 10.0. The number of nitrogens with one attached hydrogen (secondary N) is 2. The minimum absolute atomic E-state index is 0.138. The molecule has 1 saturated heterocycles. The fraction of sp³-hybridized carbons (Fsp3) is 0.500. The summed E-state index contributed by atoms with van der Waals surface area (Å²) in [4.78, 5) is 44.5. The topological polar surface area (TPSA) is 138 Å². The number of hydrogen-bond acceptors (Lipinski definition) is 6. The quantitative estimate of drug-likeness (QED) is 0.365.